The summed E-state index contributed by atoms with van der Waals surface area (Å²) in [6.45, 7) is 5.42. The highest BCUT2D eigenvalue weighted by Gasteiger charge is 2.31. The monoisotopic (exact) mass is 390 g/mol. The van der Waals surface area contributed by atoms with Gasteiger partial charge in [-0.05, 0) is 59.9 Å². The molecule has 1 heteroatoms. The summed E-state index contributed by atoms with van der Waals surface area (Å²) >= 11 is 0. The zero-order chi connectivity index (χ0) is 20.4. The quantitative estimate of drug-likeness (QED) is 0.292. The molecule has 1 nitrogen and oxygen atoms in total. The molecule has 0 unspecified atom stereocenters. The Morgan fingerprint density at radius 3 is 1.97 bits per heavy atom. The molecule has 1 aliphatic carbocycles. The van der Waals surface area contributed by atoms with Gasteiger partial charge in [0.2, 0.25) is 0 Å². The van der Waals surface area contributed by atoms with E-state index in [0.717, 1.165) is 18.8 Å². The first-order chi connectivity index (χ1) is 14.3. The Labute approximate surface area is 178 Å². The molecule has 0 aromatic heterocycles. The lowest BCUT2D eigenvalue weighted by atomic mass is 9.68. The van der Waals surface area contributed by atoms with Gasteiger partial charge >= 0.3 is 0 Å². The molecule has 2 aromatic carbocycles. The Bertz CT molecular complexity index is 733. The second-order valence-electron chi connectivity index (χ2n) is 8.63. The lowest BCUT2D eigenvalue weighted by Crippen LogP contribution is -2.28. The smallest absolute Gasteiger partial charge is 0.119 e. The molecular formula is C28H38O. The van der Waals surface area contributed by atoms with Crippen LogP contribution in [0.25, 0.3) is 12.2 Å². The van der Waals surface area contributed by atoms with Crippen LogP contribution in [0.3, 0.4) is 0 Å². The summed E-state index contributed by atoms with van der Waals surface area (Å²) in [5, 5.41) is 0. The van der Waals surface area contributed by atoms with Crippen LogP contribution in [0, 0.1) is 0 Å². The zero-order valence-electron chi connectivity index (χ0n) is 18.5. The Kier molecular flexibility index (Phi) is 8.40. The number of benzene rings is 2. The molecule has 0 heterocycles. The molecule has 0 bridgehead atoms. The molecule has 156 valence electrons. The predicted molar refractivity (Wildman–Crippen MR) is 127 cm³/mol. The van der Waals surface area contributed by atoms with Gasteiger partial charge in [-0.15, -0.1) is 0 Å². The van der Waals surface area contributed by atoms with E-state index in [4.69, 9.17) is 4.74 Å². The summed E-state index contributed by atoms with van der Waals surface area (Å²) in [4.78, 5) is 0. The molecule has 0 amide bonds. The maximum Gasteiger partial charge on any atom is 0.119 e. The fourth-order valence-electron chi connectivity index (χ4n) is 4.61. The second-order valence-corrected chi connectivity index (χ2v) is 8.63. The predicted octanol–water partition coefficient (Wildman–Crippen LogP) is 8.43. The number of hydrogen-bond acceptors (Lipinski definition) is 1. The van der Waals surface area contributed by atoms with Gasteiger partial charge in [0.05, 0.1) is 6.61 Å². The van der Waals surface area contributed by atoms with E-state index in [0.29, 0.717) is 5.41 Å². The minimum absolute atomic E-state index is 0.423. The van der Waals surface area contributed by atoms with Gasteiger partial charge in [0, 0.05) is 0 Å². The first-order valence-corrected chi connectivity index (χ1v) is 11.8. The number of unbranched alkanes of at least 4 members (excludes halogenated alkanes) is 3. The largest absolute Gasteiger partial charge is 0.494 e. The van der Waals surface area contributed by atoms with Crippen molar-refractivity contribution in [1.82, 2.24) is 0 Å². The van der Waals surface area contributed by atoms with E-state index >= 15 is 0 Å². The molecular weight excluding hydrogens is 352 g/mol. The fraction of sp³-hybridized carbons (Fsp3) is 0.500. The molecule has 0 radical (unpaired) electrons. The molecule has 3 rings (SSSR count). The van der Waals surface area contributed by atoms with E-state index < -0.39 is 0 Å². The van der Waals surface area contributed by atoms with Gasteiger partial charge in [0.1, 0.15) is 5.75 Å². The average molecular weight is 391 g/mol. The summed E-state index contributed by atoms with van der Waals surface area (Å²) < 4.78 is 5.84. The van der Waals surface area contributed by atoms with Crippen molar-refractivity contribution in [3.05, 3.63) is 65.2 Å². The number of rotatable bonds is 10. The van der Waals surface area contributed by atoms with Crippen LogP contribution in [0.2, 0.25) is 0 Å². The van der Waals surface area contributed by atoms with Gasteiger partial charge < -0.3 is 4.74 Å². The third-order valence-electron chi connectivity index (χ3n) is 6.63. The van der Waals surface area contributed by atoms with Crippen LogP contribution < -0.4 is 4.74 Å². The van der Waals surface area contributed by atoms with Crippen LogP contribution in [0.1, 0.15) is 94.7 Å². The normalized spacial score (nSPS) is 16.2. The Hall–Kier alpha value is -2.02. The van der Waals surface area contributed by atoms with E-state index in [1.807, 2.05) is 0 Å². The second kappa shape index (κ2) is 11.2. The van der Waals surface area contributed by atoms with Crippen molar-refractivity contribution in [3.63, 3.8) is 0 Å². The highest BCUT2D eigenvalue weighted by atomic mass is 16.5. The molecule has 0 atom stereocenters. The van der Waals surface area contributed by atoms with Crippen molar-refractivity contribution < 1.29 is 4.74 Å². The summed E-state index contributed by atoms with van der Waals surface area (Å²) in [7, 11) is 0. The Morgan fingerprint density at radius 2 is 1.38 bits per heavy atom. The standard InChI is InChI=1S/C28H38O/c1-3-5-6-10-23-29-27-19-15-25(16-20-27)12-11-24-13-17-26(18-14-24)28(4-2)21-8-7-9-22-28/h11-20H,3-10,21-23H2,1-2H3/b12-11+. The number of hydrogen-bond donors (Lipinski definition) is 0. The highest BCUT2D eigenvalue weighted by Crippen LogP contribution is 2.42. The third-order valence-corrected chi connectivity index (χ3v) is 6.63. The van der Waals surface area contributed by atoms with Crippen molar-refractivity contribution >= 4 is 12.2 Å². The molecule has 2 aromatic rings. The highest BCUT2D eigenvalue weighted by molar-refractivity contribution is 5.70. The molecule has 0 aliphatic heterocycles. The maximum atomic E-state index is 5.84. The molecule has 1 fully saturated rings. The van der Waals surface area contributed by atoms with Crippen molar-refractivity contribution in [3.8, 4) is 5.75 Å². The first kappa shape index (κ1) is 21.7. The van der Waals surface area contributed by atoms with Crippen LogP contribution >= 0.6 is 0 Å². The summed E-state index contributed by atoms with van der Waals surface area (Å²) in [6.07, 6.45) is 17.5. The van der Waals surface area contributed by atoms with Crippen molar-refractivity contribution in [1.29, 1.82) is 0 Å². The van der Waals surface area contributed by atoms with Crippen LogP contribution in [0.15, 0.2) is 48.5 Å². The van der Waals surface area contributed by atoms with E-state index in [9.17, 15) is 0 Å². The van der Waals surface area contributed by atoms with Crippen molar-refractivity contribution in [2.75, 3.05) is 6.61 Å². The van der Waals surface area contributed by atoms with Crippen LogP contribution in [-0.2, 0) is 5.41 Å². The minimum Gasteiger partial charge on any atom is -0.494 e. The zero-order valence-corrected chi connectivity index (χ0v) is 18.5. The maximum absolute atomic E-state index is 5.84. The molecule has 0 saturated heterocycles. The van der Waals surface area contributed by atoms with Crippen LogP contribution in [0.4, 0.5) is 0 Å². The van der Waals surface area contributed by atoms with Gasteiger partial charge in [-0.25, -0.2) is 0 Å². The molecule has 1 saturated carbocycles. The topological polar surface area (TPSA) is 9.23 Å². The summed E-state index contributed by atoms with van der Waals surface area (Å²) in [5.74, 6) is 0.973. The fourth-order valence-corrected chi connectivity index (χ4v) is 4.61. The lowest BCUT2D eigenvalue weighted by Gasteiger charge is -2.37. The molecule has 0 spiro atoms. The summed E-state index contributed by atoms with van der Waals surface area (Å²) in [5.41, 5.74) is 4.45. The average Bonchev–Trinajstić information content (AvgIpc) is 2.79. The van der Waals surface area contributed by atoms with E-state index in [1.165, 1.54) is 74.5 Å². The third kappa shape index (κ3) is 6.23. The lowest BCUT2D eigenvalue weighted by molar-refractivity contribution is 0.283. The minimum atomic E-state index is 0.423. The molecule has 0 N–H and O–H groups in total. The Balaban J connectivity index is 1.54. The van der Waals surface area contributed by atoms with Crippen LogP contribution in [0.5, 0.6) is 5.75 Å². The van der Waals surface area contributed by atoms with Gasteiger partial charge in [-0.2, -0.15) is 0 Å². The van der Waals surface area contributed by atoms with Gasteiger partial charge in [-0.3, -0.25) is 0 Å². The van der Waals surface area contributed by atoms with Crippen molar-refractivity contribution in [2.24, 2.45) is 0 Å². The first-order valence-electron chi connectivity index (χ1n) is 11.8. The Morgan fingerprint density at radius 1 is 0.759 bits per heavy atom. The van der Waals surface area contributed by atoms with Crippen molar-refractivity contribution in [2.45, 2.75) is 83.5 Å². The van der Waals surface area contributed by atoms with Gasteiger partial charge in [0.25, 0.3) is 0 Å². The molecule has 1 aliphatic rings. The van der Waals surface area contributed by atoms with E-state index in [1.54, 1.807) is 0 Å². The molecule has 29 heavy (non-hydrogen) atoms. The van der Waals surface area contributed by atoms with Gasteiger partial charge in [0.15, 0.2) is 0 Å². The van der Waals surface area contributed by atoms with Crippen LogP contribution in [-0.4, -0.2) is 6.61 Å². The van der Waals surface area contributed by atoms with Gasteiger partial charge in [-0.1, -0.05) is 101 Å². The SMILES string of the molecule is CCCCCCOc1ccc(/C=C/c2ccc(C3(CC)CCCCC3)cc2)cc1. The van der Waals surface area contributed by atoms with E-state index in [2.05, 4.69) is 74.5 Å². The number of ether oxygens (including phenoxy) is 1. The summed E-state index contributed by atoms with van der Waals surface area (Å²) in [6, 6.07) is 17.7. The van der Waals surface area contributed by atoms with E-state index in [-0.39, 0.29) is 0 Å².